The van der Waals surface area contributed by atoms with Crippen molar-refractivity contribution in [3.63, 3.8) is 0 Å². The lowest BCUT2D eigenvalue weighted by Gasteiger charge is -2.02. The molecule has 0 saturated carbocycles. The molecule has 0 aromatic carbocycles. The minimum atomic E-state index is -0.882. The lowest BCUT2D eigenvalue weighted by molar-refractivity contribution is -0.141. The van der Waals surface area contributed by atoms with Gasteiger partial charge in [0.1, 0.15) is 11.7 Å². The molecule has 0 aliphatic rings. The van der Waals surface area contributed by atoms with Gasteiger partial charge in [-0.2, -0.15) is 0 Å². The van der Waals surface area contributed by atoms with Gasteiger partial charge in [0.05, 0.1) is 12.5 Å². The van der Waals surface area contributed by atoms with E-state index < -0.39 is 17.7 Å². The summed E-state index contributed by atoms with van der Waals surface area (Å²) >= 11 is 0. The minimum absolute atomic E-state index is 0.152. The Morgan fingerprint density at radius 2 is 2.25 bits per heavy atom. The van der Waals surface area contributed by atoms with E-state index >= 15 is 0 Å². The van der Waals surface area contributed by atoms with Crippen LogP contribution in [0.25, 0.3) is 0 Å². The topological polar surface area (TPSA) is 81.9 Å². The second-order valence-electron chi connectivity index (χ2n) is 3.48. The monoisotopic (exact) mass is 232 g/mol. The van der Waals surface area contributed by atoms with Gasteiger partial charge in [-0.1, -0.05) is 13.0 Å². The number of hydrogen-bond acceptors (Lipinski definition) is 3. The highest BCUT2D eigenvalue weighted by Gasteiger charge is 2.09. The van der Waals surface area contributed by atoms with Crippen molar-refractivity contribution < 1.29 is 19.5 Å². The molecule has 0 aliphatic heterocycles. The average molecular weight is 232 g/mol. The van der Waals surface area contributed by atoms with E-state index in [1.165, 1.54) is 13.0 Å². The third-order valence-corrected chi connectivity index (χ3v) is 2.02. The molecule has 0 fully saturated rings. The summed E-state index contributed by atoms with van der Waals surface area (Å²) in [6.45, 7) is 2.92. The first kappa shape index (κ1) is 14.6. The Balaban J connectivity index is 3.92. The molecule has 1 atom stereocenters. The van der Waals surface area contributed by atoms with Gasteiger partial charge >= 0.3 is 5.97 Å². The highest BCUT2D eigenvalue weighted by Crippen LogP contribution is 2.08. The van der Waals surface area contributed by atoms with Crippen LogP contribution in [0.15, 0.2) is 16.9 Å². The number of hydroxylamine groups is 1. The number of halogens is 1. The summed E-state index contributed by atoms with van der Waals surface area (Å²) in [5, 5.41) is 17.0. The molecule has 3 N–H and O–H groups in total. The zero-order valence-electron chi connectivity index (χ0n) is 9.40. The summed E-state index contributed by atoms with van der Waals surface area (Å²) in [5.41, 5.74) is 1.79. The molecule has 0 aliphatic carbocycles. The molecular formula is C10H17FN2O3. The summed E-state index contributed by atoms with van der Waals surface area (Å²) in [4.78, 5) is 14.1. The van der Waals surface area contributed by atoms with Gasteiger partial charge in [0.2, 0.25) is 0 Å². The number of aliphatic imine (C=N–C) groups is 1. The Hall–Kier alpha value is -1.43. The smallest absolute Gasteiger partial charge is 0.306 e. The van der Waals surface area contributed by atoms with Crippen LogP contribution in [-0.2, 0) is 4.79 Å². The molecule has 0 spiro atoms. The molecule has 0 rings (SSSR count). The number of carboxylic acids is 1. The van der Waals surface area contributed by atoms with Crippen molar-refractivity contribution in [1.82, 2.24) is 5.48 Å². The van der Waals surface area contributed by atoms with Gasteiger partial charge < -0.3 is 5.11 Å². The van der Waals surface area contributed by atoms with E-state index in [0.29, 0.717) is 12.8 Å². The number of rotatable bonds is 6. The maximum atomic E-state index is 13.0. The number of carbonyl (C=O) groups is 1. The van der Waals surface area contributed by atoms with Crippen molar-refractivity contribution in [3.8, 4) is 0 Å². The van der Waals surface area contributed by atoms with E-state index in [1.807, 2.05) is 0 Å². The molecule has 16 heavy (non-hydrogen) atoms. The molecular weight excluding hydrogens is 215 g/mol. The van der Waals surface area contributed by atoms with Crippen molar-refractivity contribution in [3.05, 3.63) is 11.9 Å². The van der Waals surface area contributed by atoms with Gasteiger partial charge in [-0.3, -0.25) is 20.5 Å². The third kappa shape index (κ3) is 6.94. The Labute approximate surface area is 93.6 Å². The van der Waals surface area contributed by atoms with Gasteiger partial charge in [-0.05, 0) is 19.8 Å². The van der Waals surface area contributed by atoms with E-state index in [4.69, 9.17) is 10.3 Å². The second-order valence-corrected chi connectivity index (χ2v) is 3.48. The fraction of sp³-hybridized carbons (Fsp3) is 0.600. The average Bonchev–Trinajstić information content (AvgIpc) is 2.25. The summed E-state index contributed by atoms with van der Waals surface area (Å²) in [6, 6.07) is 0. The Morgan fingerprint density at radius 1 is 1.62 bits per heavy atom. The number of hydrogen-bond donors (Lipinski definition) is 3. The zero-order valence-corrected chi connectivity index (χ0v) is 9.40. The predicted molar refractivity (Wildman–Crippen MR) is 58.1 cm³/mol. The normalized spacial score (nSPS) is 14.8. The molecule has 92 valence electrons. The van der Waals surface area contributed by atoms with Gasteiger partial charge in [0, 0.05) is 0 Å². The number of carboxylic acid groups (broad SMARTS) is 1. The van der Waals surface area contributed by atoms with Crippen molar-refractivity contribution >= 4 is 11.8 Å². The first-order valence-corrected chi connectivity index (χ1v) is 4.95. The number of aliphatic carboxylic acids is 1. The first-order valence-electron chi connectivity index (χ1n) is 4.95. The van der Waals surface area contributed by atoms with Gasteiger partial charge in [0.15, 0.2) is 0 Å². The van der Waals surface area contributed by atoms with E-state index in [0.717, 1.165) is 0 Å². The van der Waals surface area contributed by atoms with Crippen LogP contribution in [-0.4, -0.2) is 28.7 Å². The highest BCUT2D eigenvalue weighted by molar-refractivity contribution is 5.78. The fourth-order valence-corrected chi connectivity index (χ4v) is 0.907. The van der Waals surface area contributed by atoms with E-state index in [9.17, 15) is 9.18 Å². The second kappa shape index (κ2) is 7.81. The largest absolute Gasteiger partial charge is 0.481 e. The van der Waals surface area contributed by atoms with E-state index in [2.05, 4.69) is 4.99 Å². The van der Waals surface area contributed by atoms with Crippen molar-refractivity contribution in [1.29, 1.82) is 0 Å². The highest BCUT2D eigenvalue weighted by atomic mass is 19.1. The standard InChI is InChI=1S/C10H17FN2O3/c1-7(10(14)15)4-3-5-9(11)6-12-8(2)13-16/h5,7,16H,3-4,6H2,1-2H3,(H,12,13)(H,14,15)/b9-5+/t7-/m1/s1. The van der Waals surface area contributed by atoms with E-state index in [1.54, 1.807) is 12.4 Å². The summed E-state index contributed by atoms with van der Waals surface area (Å²) in [7, 11) is 0. The number of amidine groups is 1. The zero-order chi connectivity index (χ0) is 12.6. The number of nitrogens with zero attached hydrogens (tertiary/aromatic N) is 1. The van der Waals surface area contributed by atoms with Crippen LogP contribution < -0.4 is 5.48 Å². The minimum Gasteiger partial charge on any atom is -0.481 e. The third-order valence-electron chi connectivity index (χ3n) is 2.02. The molecule has 0 bridgehead atoms. The molecule has 5 nitrogen and oxygen atoms in total. The van der Waals surface area contributed by atoms with Crippen LogP contribution in [0, 0.1) is 5.92 Å². The lowest BCUT2D eigenvalue weighted by Crippen LogP contribution is -2.15. The molecule has 0 radical (unpaired) electrons. The number of allylic oxidation sites excluding steroid dienone is 1. The maximum Gasteiger partial charge on any atom is 0.306 e. The summed E-state index contributed by atoms with van der Waals surface area (Å²) in [6.07, 6.45) is 2.07. The quantitative estimate of drug-likeness (QED) is 0.370. The molecule has 0 saturated heterocycles. The molecule has 6 heteroatoms. The van der Waals surface area contributed by atoms with Crippen LogP contribution >= 0.6 is 0 Å². The van der Waals surface area contributed by atoms with Crippen LogP contribution in [0.3, 0.4) is 0 Å². The summed E-state index contributed by atoms with van der Waals surface area (Å²) in [5.74, 6) is -1.57. The van der Waals surface area contributed by atoms with Gasteiger partial charge in [-0.15, -0.1) is 0 Å². The Bertz CT molecular complexity index is 290. The maximum absolute atomic E-state index is 13.0. The van der Waals surface area contributed by atoms with Crippen LogP contribution in [0.4, 0.5) is 4.39 Å². The lowest BCUT2D eigenvalue weighted by atomic mass is 10.1. The van der Waals surface area contributed by atoms with Gasteiger partial charge in [0.25, 0.3) is 0 Å². The molecule has 0 aromatic heterocycles. The number of nitrogens with one attached hydrogen (secondary N) is 1. The van der Waals surface area contributed by atoms with Crippen molar-refractivity contribution in [2.45, 2.75) is 26.7 Å². The van der Waals surface area contributed by atoms with E-state index in [-0.39, 0.29) is 12.4 Å². The van der Waals surface area contributed by atoms with Crippen LogP contribution in [0.2, 0.25) is 0 Å². The first-order chi connectivity index (χ1) is 7.47. The van der Waals surface area contributed by atoms with Crippen LogP contribution in [0.5, 0.6) is 0 Å². The Morgan fingerprint density at radius 3 is 2.75 bits per heavy atom. The molecule has 0 aromatic rings. The van der Waals surface area contributed by atoms with Crippen molar-refractivity contribution in [2.75, 3.05) is 6.54 Å². The fourth-order valence-electron chi connectivity index (χ4n) is 0.907. The SMILES string of the molecule is CC(=NC/C(F)=C\CC[C@@H](C)C(=O)O)NO. The Kier molecular flexibility index (Phi) is 7.11. The van der Waals surface area contributed by atoms with Gasteiger partial charge in [-0.25, -0.2) is 4.39 Å². The molecule has 0 amide bonds. The molecule has 0 unspecified atom stereocenters. The van der Waals surface area contributed by atoms with Crippen LogP contribution in [0.1, 0.15) is 26.7 Å². The molecule has 0 heterocycles. The summed E-state index contributed by atoms with van der Waals surface area (Å²) < 4.78 is 13.0. The van der Waals surface area contributed by atoms with Crippen molar-refractivity contribution in [2.24, 2.45) is 10.9 Å². The predicted octanol–water partition coefficient (Wildman–Crippen LogP) is 1.74.